The first-order chi connectivity index (χ1) is 9.02. The molecule has 1 aliphatic carbocycles. The Kier molecular flexibility index (Phi) is 4.30. The van der Waals surface area contributed by atoms with Crippen LogP contribution >= 0.6 is 11.6 Å². The minimum atomic E-state index is 0.0140. The Bertz CT molecular complexity index is 472. The van der Waals surface area contributed by atoms with E-state index in [0.29, 0.717) is 28.4 Å². The zero-order valence-electron chi connectivity index (χ0n) is 11.6. The van der Waals surface area contributed by atoms with Gasteiger partial charge in [-0.25, -0.2) is 4.98 Å². The highest BCUT2D eigenvalue weighted by molar-refractivity contribution is 6.33. The molecule has 0 unspecified atom stereocenters. The number of carbonyl (C=O) groups excluding carboxylic acids is 1. The smallest absolute Gasteiger partial charge is 0.255 e. The van der Waals surface area contributed by atoms with Crippen LogP contribution in [0, 0.1) is 5.92 Å². The maximum Gasteiger partial charge on any atom is 0.255 e. The summed E-state index contributed by atoms with van der Waals surface area (Å²) in [5.41, 5.74) is 0.536. The number of anilines is 1. The van der Waals surface area contributed by atoms with Gasteiger partial charge in [0.25, 0.3) is 5.91 Å². The topological polar surface area (TPSA) is 45.2 Å². The number of rotatable bonds is 5. The number of hydrogen-bond donors (Lipinski definition) is 1. The zero-order chi connectivity index (χ0) is 14.0. The van der Waals surface area contributed by atoms with E-state index in [-0.39, 0.29) is 5.91 Å². The maximum atomic E-state index is 12.6. The van der Waals surface area contributed by atoms with Crippen LogP contribution in [0.4, 0.5) is 5.82 Å². The van der Waals surface area contributed by atoms with E-state index in [1.807, 2.05) is 4.90 Å². The molecule has 0 aromatic carbocycles. The van der Waals surface area contributed by atoms with Crippen molar-refractivity contribution in [2.24, 2.45) is 5.92 Å². The summed E-state index contributed by atoms with van der Waals surface area (Å²) in [6.07, 6.45) is 3.72. The average Bonchev–Trinajstić information content (AvgIpc) is 3.20. The molecule has 2 rings (SSSR count). The molecular weight excluding hydrogens is 262 g/mol. The van der Waals surface area contributed by atoms with Crippen molar-refractivity contribution in [3.63, 3.8) is 0 Å². The van der Waals surface area contributed by atoms with E-state index in [2.05, 4.69) is 24.1 Å². The van der Waals surface area contributed by atoms with Gasteiger partial charge >= 0.3 is 0 Å². The predicted octanol–water partition coefficient (Wildman–Crippen LogP) is 3.04. The van der Waals surface area contributed by atoms with Crippen LogP contribution in [0.15, 0.2) is 12.3 Å². The molecule has 1 aliphatic rings. The first-order valence-electron chi connectivity index (χ1n) is 6.67. The second-order valence-corrected chi connectivity index (χ2v) is 5.79. The number of halogens is 1. The lowest BCUT2D eigenvalue weighted by Crippen LogP contribution is -2.36. The van der Waals surface area contributed by atoms with Gasteiger partial charge < -0.3 is 10.2 Å². The summed E-state index contributed by atoms with van der Waals surface area (Å²) >= 11 is 6.12. The van der Waals surface area contributed by atoms with Crippen LogP contribution < -0.4 is 5.32 Å². The second kappa shape index (κ2) is 5.78. The van der Waals surface area contributed by atoms with Gasteiger partial charge in [0.2, 0.25) is 0 Å². The number of aromatic nitrogens is 1. The molecule has 1 aromatic rings. The van der Waals surface area contributed by atoms with E-state index in [4.69, 9.17) is 11.6 Å². The lowest BCUT2D eigenvalue weighted by atomic mass is 10.1. The minimum Gasteiger partial charge on any atom is -0.373 e. The highest BCUT2D eigenvalue weighted by Crippen LogP contribution is 2.30. The van der Waals surface area contributed by atoms with E-state index >= 15 is 0 Å². The molecule has 1 N–H and O–H groups in total. The molecule has 1 saturated carbocycles. The molecule has 0 aliphatic heterocycles. The summed E-state index contributed by atoms with van der Waals surface area (Å²) in [5.74, 6) is 1.13. The molecule has 1 aromatic heterocycles. The van der Waals surface area contributed by atoms with Crippen molar-refractivity contribution in [1.82, 2.24) is 9.88 Å². The number of pyridine rings is 1. The third kappa shape index (κ3) is 3.38. The molecule has 1 heterocycles. The fourth-order valence-corrected chi connectivity index (χ4v) is 2.26. The van der Waals surface area contributed by atoms with Crippen LogP contribution in [0.5, 0.6) is 0 Å². The van der Waals surface area contributed by atoms with Crippen molar-refractivity contribution in [2.45, 2.75) is 32.7 Å². The first-order valence-corrected chi connectivity index (χ1v) is 7.05. The van der Waals surface area contributed by atoms with Gasteiger partial charge in [0.05, 0.1) is 10.6 Å². The van der Waals surface area contributed by atoms with Crippen LogP contribution in [-0.4, -0.2) is 35.4 Å². The van der Waals surface area contributed by atoms with Crippen molar-refractivity contribution in [1.29, 1.82) is 0 Å². The number of nitrogens with zero attached hydrogens (tertiary/aromatic N) is 2. The first kappa shape index (κ1) is 14.1. The molecule has 1 amide bonds. The molecule has 5 heteroatoms. The minimum absolute atomic E-state index is 0.0140. The molecule has 104 valence electrons. The molecule has 0 atom stereocenters. The van der Waals surface area contributed by atoms with Gasteiger partial charge in [-0.3, -0.25) is 4.79 Å². The predicted molar refractivity (Wildman–Crippen MR) is 77.7 cm³/mol. The van der Waals surface area contributed by atoms with Gasteiger partial charge in [-0.2, -0.15) is 0 Å². The highest BCUT2D eigenvalue weighted by Gasteiger charge is 2.34. The summed E-state index contributed by atoms with van der Waals surface area (Å²) < 4.78 is 0. The van der Waals surface area contributed by atoms with Crippen molar-refractivity contribution in [2.75, 3.05) is 18.9 Å². The Morgan fingerprint density at radius 2 is 2.26 bits per heavy atom. The quantitative estimate of drug-likeness (QED) is 0.902. The third-order valence-electron chi connectivity index (χ3n) is 3.15. The fourth-order valence-electron chi connectivity index (χ4n) is 2.07. The second-order valence-electron chi connectivity index (χ2n) is 5.38. The Hall–Kier alpha value is -1.29. The molecule has 0 saturated heterocycles. The van der Waals surface area contributed by atoms with Crippen molar-refractivity contribution in [3.05, 3.63) is 22.8 Å². The Morgan fingerprint density at radius 3 is 2.79 bits per heavy atom. The van der Waals surface area contributed by atoms with Gasteiger partial charge in [-0.15, -0.1) is 0 Å². The lowest BCUT2D eigenvalue weighted by Gasteiger charge is -2.25. The molecule has 0 spiro atoms. The van der Waals surface area contributed by atoms with E-state index in [1.165, 1.54) is 6.20 Å². The van der Waals surface area contributed by atoms with Crippen molar-refractivity contribution in [3.8, 4) is 0 Å². The van der Waals surface area contributed by atoms with Crippen molar-refractivity contribution >= 4 is 23.3 Å². The fraction of sp³-hybridized carbons (Fsp3) is 0.571. The van der Waals surface area contributed by atoms with Gasteiger partial charge in [-0.1, -0.05) is 25.4 Å². The molecule has 1 fully saturated rings. The largest absolute Gasteiger partial charge is 0.373 e. The molecular formula is C14H20ClN3O. The third-order valence-corrected chi connectivity index (χ3v) is 3.45. The number of amides is 1. The van der Waals surface area contributed by atoms with Crippen LogP contribution in [0.25, 0.3) is 0 Å². The van der Waals surface area contributed by atoms with E-state index in [0.717, 1.165) is 19.4 Å². The lowest BCUT2D eigenvalue weighted by molar-refractivity contribution is 0.0722. The zero-order valence-corrected chi connectivity index (χ0v) is 12.4. The Balaban J connectivity index is 2.25. The molecule has 4 nitrogen and oxygen atoms in total. The summed E-state index contributed by atoms with van der Waals surface area (Å²) in [7, 11) is 1.78. The average molecular weight is 282 g/mol. The highest BCUT2D eigenvalue weighted by atomic mass is 35.5. The van der Waals surface area contributed by atoms with Gasteiger partial charge in [0.1, 0.15) is 5.82 Å². The Labute approximate surface area is 119 Å². The van der Waals surface area contributed by atoms with Gasteiger partial charge in [0, 0.05) is 25.8 Å². The monoisotopic (exact) mass is 281 g/mol. The number of hydrogen-bond acceptors (Lipinski definition) is 3. The SMILES string of the molecule is CNc1cc(C(=O)N(CC(C)C)C2CC2)c(Cl)cn1. The standard InChI is InChI=1S/C14H20ClN3O/c1-9(2)8-18(10-4-5-10)14(19)11-6-13(16-3)17-7-12(11)15/h6-7,9-10H,4-5,8H2,1-3H3,(H,16,17). The van der Waals surface area contributed by atoms with Crippen molar-refractivity contribution < 1.29 is 4.79 Å². The number of nitrogens with one attached hydrogen (secondary N) is 1. The van der Waals surface area contributed by atoms with E-state index in [9.17, 15) is 4.79 Å². The summed E-state index contributed by atoms with van der Waals surface area (Å²) in [6.45, 7) is 5.02. The normalized spacial score (nSPS) is 14.6. The van der Waals surface area contributed by atoms with E-state index < -0.39 is 0 Å². The summed E-state index contributed by atoms with van der Waals surface area (Å²) in [6, 6.07) is 2.11. The van der Waals surface area contributed by atoms with Crippen LogP contribution in [0.3, 0.4) is 0 Å². The summed E-state index contributed by atoms with van der Waals surface area (Å²) in [4.78, 5) is 18.7. The van der Waals surface area contributed by atoms with Crippen LogP contribution in [0.2, 0.25) is 5.02 Å². The van der Waals surface area contributed by atoms with Crippen LogP contribution in [0.1, 0.15) is 37.0 Å². The van der Waals surface area contributed by atoms with Gasteiger partial charge in [0.15, 0.2) is 0 Å². The van der Waals surface area contributed by atoms with Crippen LogP contribution in [-0.2, 0) is 0 Å². The Morgan fingerprint density at radius 1 is 1.58 bits per heavy atom. The number of carbonyl (C=O) groups is 1. The maximum absolute atomic E-state index is 12.6. The summed E-state index contributed by atoms with van der Waals surface area (Å²) in [5, 5.41) is 3.35. The molecule has 0 bridgehead atoms. The van der Waals surface area contributed by atoms with E-state index in [1.54, 1.807) is 13.1 Å². The van der Waals surface area contributed by atoms with Gasteiger partial charge in [-0.05, 0) is 24.8 Å². The molecule has 19 heavy (non-hydrogen) atoms. The molecule has 0 radical (unpaired) electrons.